The zero-order valence-corrected chi connectivity index (χ0v) is 14.6. The van der Waals surface area contributed by atoms with Gasteiger partial charge in [-0.2, -0.15) is 0 Å². The van der Waals surface area contributed by atoms with Crippen LogP contribution in [0, 0.1) is 0 Å². The summed E-state index contributed by atoms with van der Waals surface area (Å²) in [4.78, 5) is 34.1. The van der Waals surface area contributed by atoms with Crippen LogP contribution in [-0.4, -0.2) is 60.3 Å². The molecule has 9 nitrogen and oxygen atoms in total. The molecular weight excluding hydrogens is 327 g/mol. The van der Waals surface area contributed by atoms with Crippen molar-refractivity contribution in [3.63, 3.8) is 0 Å². The molecule has 0 aliphatic carbocycles. The zero-order valence-electron chi connectivity index (χ0n) is 13.7. The van der Waals surface area contributed by atoms with Gasteiger partial charge >= 0.3 is 7.60 Å². The van der Waals surface area contributed by atoms with Gasteiger partial charge in [0.05, 0.1) is 26.2 Å². The molecule has 0 aromatic rings. The lowest BCUT2D eigenvalue weighted by molar-refractivity contribution is -0.166. The maximum absolute atomic E-state index is 12.2. The van der Waals surface area contributed by atoms with Gasteiger partial charge in [-0.25, -0.2) is 5.06 Å². The van der Waals surface area contributed by atoms with Crippen LogP contribution in [0.25, 0.3) is 0 Å². The molecule has 0 aromatic carbocycles. The van der Waals surface area contributed by atoms with E-state index in [0.29, 0.717) is 18.0 Å². The molecule has 10 heteroatoms. The van der Waals surface area contributed by atoms with E-state index >= 15 is 0 Å². The summed E-state index contributed by atoms with van der Waals surface area (Å²) < 4.78 is 22.1. The van der Waals surface area contributed by atoms with E-state index in [2.05, 4.69) is 5.32 Å². The molecule has 0 fully saturated rings. The molecule has 0 spiro atoms. The van der Waals surface area contributed by atoms with Crippen LogP contribution in [0.5, 0.6) is 0 Å². The van der Waals surface area contributed by atoms with Gasteiger partial charge in [-0.3, -0.25) is 24.2 Å². The standard InChI is InChI=1S/C13H25N2O7P/c1-4-21-23(20,22-5-2)10-12(17)9-13(18)15(19)8-6-7-14-11(3)16/h19H,4-10H2,1-3H3,(H,14,16). The van der Waals surface area contributed by atoms with E-state index in [1.54, 1.807) is 13.8 Å². The predicted molar refractivity (Wildman–Crippen MR) is 82.1 cm³/mol. The van der Waals surface area contributed by atoms with Gasteiger partial charge in [0.1, 0.15) is 6.16 Å². The van der Waals surface area contributed by atoms with Crippen LogP contribution in [0.1, 0.15) is 33.6 Å². The molecule has 23 heavy (non-hydrogen) atoms. The van der Waals surface area contributed by atoms with E-state index in [1.807, 2.05) is 0 Å². The van der Waals surface area contributed by atoms with Crippen molar-refractivity contribution in [3.8, 4) is 0 Å². The fourth-order valence-electron chi connectivity index (χ4n) is 1.67. The number of ketones is 1. The van der Waals surface area contributed by atoms with Gasteiger partial charge in [-0.1, -0.05) is 0 Å². The molecule has 0 rings (SSSR count). The van der Waals surface area contributed by atoms with E-state index < -0.39 is 31.9 Å². The monoisotopic (exact) mass is 352 g/mol. The van der Waals surface area contributed by atoms with Crippen molar-refractivity contribution in [1.82, 2.24) is 10.4 Å². The molecule has 134 valence electrons. The molecule has 0 aromatic heterocycles. The van der Waals surface area contributed by atoms with Crippen LogP contribution in [0.15, 0.2) is 0 Å². The lowest BCUT2D eigenvalue weighted by atomic mass is 10.3. The molecule has 0 heterocycles. The number of hydrogen-bond acceptors (Lipinski definition) is 7. The van der Waals surface area contributed by atoms with Crippen molar-refractivity contribution in [1.29, 1.82) is 0 Å². The minimum Gasteiger partial charge on any atom is -0.356 e. The molecular formula is C13H25N2O7P. The number of carbonyl (C=O) groups is 3. The van der Waals surface area contributed by atoms with E-state index in [9.17, 15) is 24.2 Å². The van der Waals surface area contributed by atoms with Gasteiger partial charge in [0, 0.05) is 13.5 Å². The quantitative estimate of drug-likeness (QED) is 0.176. The smallest absolute Gasteiger partial charge is 0.338 e. The number of hydroxylamine groups is 2. The van der Waals surface area contributed by atoms with E-state index in [4.69, 9.17) is 9.05 Å². The molecule has 0 aliphatic rings. The summed E-state index contributed by atoms with van der Waals surface area (Å²) in [5.41, 5.74) is 0. The molecule has 2 amide bonds. The number of carbonyl (C=O) groups excluding carboxylic acids is 3. The van der Waals surface area contributed by atoms with Crippen LogP contribution >= 0.6 is 7.60 Å². The Bertz CT molecular complexity index is 446. The molecule has 0 saturated heterocycles. The van der Waals surface area contributed by atoms with Crippen LogP contribution in [0.4, 0.5) is 0 Å². The average molecular weight is 352 g/mol. The Morgan fingerprint density at radius 1 is 1.17 bits per heavy atom. The predicted octanol–water partition coefficient (Wildman–Crippen LogP) is 0.956. The topological polar surface area (TPSA) is 122 Å². The third-order valence-electron chi connectivity index (χ3n) is 2.58. The summed E-state index contributed by atoms with van der Waals surface area (Å²) in [7, 11) is -3.55. The van der Waals surface area contributed by atoms with Crippen LogP contribution in [-0.2, 0) is 28.0 Å². The van der Waals surface area contributed by atoms with E-state index in [-0.39, 0.29) is 25.7 Å². The fraction of sp³-hybridized carbons (Fsp3) is 0.769. The summed E-state index contributed by atoms with van der Waals surface area (Å²) in [5.74, 6) is -1.66. The molecule has 0 saturated carbocycles. The highest BCUT2D eigenvalue weighted by Crippen LogP contribution is 2.47. The molecule has 0 radical (unpaired) electrons. The second-order valence-corrected chi connectivity index (χ2v) is 6.73. The highest BCUT2D eigenvalue weighted by Gasteiger charge is 2.29. The first-order chi connectivity index (χ1) is 10.7. The number of nitrogens with zero attached hydrogens (tertiary/aromatic N) is 1. The normalized spacial score (nSPS) is 11.1. The molecule has 0 bridgehead atoms. The van der Waals surface area contributed by atoms with Gasteiger partial charge in [0.25, 0.3) is 5.91 Å². The Hall–Kier alpha value is -1.28. The zero-order chi connectivity index (χ0) is 17.9. The van der Waals surface area contributed by atoms with Crippen LogP contribution < -0.4 is 5.32 Å². The minimum atomic E-state index is -3.55. The van der Waals surface area contributed by atoms with Crippen molar-refractivity contribution in [2.45, 2.75) is 33.6 Å². The highest BCUT2D eigenvalue weighted by molar-refractivity contribution is 7.54. The molecule has 2 N–H and O–H groups in total. The second-order valence-electron chi connectivity index (χ2n) is 4.67. The summed E-state index contributed by atoms with van der Waals surface area (Å²) in [6.45, 7) is 5.10. The minimum absolute atomic E-state index is 0.0268. The Morgan fingerprint density at radius 3 is 2.22 bits per heavy atom. The molecule has 0 unspecified atom stereocenters. The van der Waals surface area contributed by atoms with Gasteiger partial charge in [-0.05, 0) is 20.3 Å². The van der Waals surface area contributed by atoms with Crippen LogP contribution in [0.2, 0.25) is 0 Å². The van der Waals surface area contributed by atoms with Crippen molar-refractivity contribution in [3.05, 3.63) is 0 Å². The SMILES string of the molecule is CCOP(=O)(CC(=O)CC(=O)N(O)CCCNC(C)=O)OCC. The van der Waals surface area contributed by atoms with Crippen molar-refractivity contribution in [2.24, 2.45) is 0 Å². The van der Waals surface area contributed by atoms with Crippen molar-refractivity contribution >= 4 is 25.2 Å². The summed E-state index contributed by atoms with van der Waals surface area (Å²) in [5, 5.41) is 12.4. The summed E-state index contributed by atoms with van der Waals surface area (Å²) in [6.07, 6.45) is -0.771. The number of rotatable bonds is 12. The Kier molecular flexibility index (Phi) is 10.7. The lowest BCUT2D eigenvalue weighted by Gasteiger charge is -2.17. The van der Waals surface area contributed by atoms with Crippen molar-refractivity contribution in [2.75, 3.05) is 32.5 Å². The first kappa shape index (κ1) is 21.7. The summed E-state index contributed by atoms with van der Waals surface area (Å²) >= 11 is 0. The third kappa shape index (κ3) is 10.2. The average Bonchev–Trinajstić information content (AvgIpc) is 2.42. The van der Waals surface area contributed by atoms with Gasteiger partial charge in [0.15, 0.2) is 5.78 Å². The Labute approximate surface area is 135 Å². The number of hydrogen-bond donors (Lipinski definition) is 2. The van der Waals surface area contributed by atoms with Crippen molar-refractivity contribution < 1.29 is 33.2 Å². The lowest BCUT2D eigenvalue weighted by Crippen LogP contribution is -2.33. The molecule has 0 aliphatic heterocycles. The number of Topliss-reactive ketones (excluding diaryl/α,β-unsaturated/α-hetero) is 1. The van der Waals surface area contributed by atoms with E-state index in [1.165, 1.54) is 6.92 Å². The summed E-state index contributed by atoms with van der Waals surface area (Å²) in [6, 6.07) is 0. The third-order valence-corrected chi connectivity index (χ3v) is 4.62. The van der Waals surface area contributed by atoms with Gasteiger partial charge in [-0.15, -0.1) is 0 Å². The number of nitrogens with one attached hydrogen (secondary N) is 1. The first-order valence-electron chi connectivity index (χ1n) is 7.37. The number of amides is 2. The highest BCUT2D eigenvalue weighted by atomic mass is 31.2. The van der Waals surface area contributed by atoms with Crippen LogP contribution in [0.3, 0.4) is 0 Å². The first-order valence-corrected chi connectivity index (χ1v) is 9.10. The maximum Gasteiger partial charge on any atom is 0.338 e. The maximum atomic E-state index is 12.2. The van der Waals surface area contributed by atoms with E-state index in [0.717, 1.165) is 0 Å². The largest absolute Gasteiger partial charge is 0.356 e. The molecule has 0 atom stereocenters. The van der Waals surface area contributed by atoms with Gasteiger partial charge in [0.2, 0.25) is 5.91 Å². The Morgan fingerprint density at radius 2 is 1.74 bits per heavy atom. The Balaban J connectivity index is 4.28. The fourth-order valence-corrected chi connectivity index (χ4v) is 3.26. The second kappa shape index (κ2) is 11.3. The van der Waals surface area contributed by atoms with Gasteiger partial charge < -0.3 is 14.4 Å².